The molecule has 0 atom stereocenters. The molecule has 0 aliphatic rings. The maximum absolute atomic E-state index is 12.3. The molecule has 114 valence electrons. The zero-order valence-electron chi connectivity index (χ0n) is 12.4. The van der Waals surface area contributed by atoms with Crippen molar-refractivity contribution in [2.45, 2.75) is 6.42 Å². The van der Waals surface area contributed by atoms with Gasteiger partial charge in [0.05, 0.1) is 11.0 Å². The second-order valence-electron chi connectivity index (χ2n) is 5.39. The predicted molar refractivity (Wildman–Crippen MR) is 94.0 cm³/mol. The van der Waals surface area contributed by atoms with Gasteiger partial charge < -0.3 is 10.3 Å². The van der Waals surface area contributed by atoms with Crippen LogP contribution in [0.25, 0.3) is 21.1 Å². The van der Waals surface area contributed by atoms with Gasteiger partial charge in [0, 0.05) is 29.2 Å². The Morgan fingerprint density at radius 1 is 1.26 bits per heavy atom. The van der Waals surface area contributed by atoms with Crippen LogP contribution >= 0.6 is 11.3 Å². The van der Waals surface area contributed by atoms with Gasteiger partial charge in [0.1, 0.15) is 0 Å². The number of amides is 1. The zero-order valence-corrected chi connectivity index (χ0v) is 13.2. The molecular formula is C18H15N3OS. The summed E-state index contributed by atoms with van der Waals surface area (Å²) in [5, 5.41) is 6.13. The molecule has 1 amide bonds. The van der Waals surface area contributed by atoms with Gasteiger partial charge >= 0.3 is 0 Å². The molecule has 0 saturated heterocycles. The molecule has 1 aromatic carbocycles. The number of fused-ring (bicyclic) bond motifs is 2. The molecule has 0 radical (unpaired) electrons. The molecule has 4 nitrogen and oxygen atoms in total. The van der Waals surface area contributed by atoms with Crippen molar-refractivity contribution >= 4 is 38.4 Å². The van der Waals surface area contributed by atoms with Gasteiger partial charge in [-0.1, -0.05) is 0 Å². The second kappa shape index (κ2) is 5.85. The average Bonchev–Trinajstić information content (AvgIpc) is 3.21. The van der Waals surface area contributed by atoms with E-state index >= 15 is 0 Å². The Morgan fingerprint density at radius 2 is 2.22 bits per heavy atom. The number of aromatic amines is 1. The van der Waals surface area contributed by atoms with Gasteiger partial charge in [-0.15, -0.1) is 11.3 Å². The largest absolute Gasteiger partial charge is 0.360 e. The molecule has 0 unspecified atom stereocenters. The smallest absolute Gasteiger partial charge is 0.251 e. The molecule has 2 N–H and O–H groups in total. The highest BCUT2D eigenvalue weighted by Crippen LogP contribution is 2.21. The van der Waals surface area contributed by atoms with E-state index in [0.29, 0.717) is 12.1 Å². The van der Waals surface area contributed by atoms with E-state index in [1.54, 1.807) is 17.5 Å². The highest BCUT2D eigenvalue weighted by Gasteiger charge is 2.08. The molecule has 23 heavy (non-hydrogen) atoms. The minimum Gasteiger partial charge on any atom is -0.360 e. The molecule has 0 bridgehead atoms. The Labute approximate surface area is 137 Å². The van der Waals surface area contributed by atoms with Crippen LogP contribution in [-0.4, -0.2) is 22.4 Å². The van der Waals surface area contributed by atoms with Gasteiger partial charge in [0.15, 0.2) is 0 Å². The van der Waals surface area contributed by atoms with Crippen molar-refractivity contribution in [3.05, 3.63) is 65.3 Å². The lowest BCUT2D eigenvalue weighted by Crippen LogP contribution is -2.25. The number of nitrogens with one attached hydrogen (secondary N) is 2. The number of H-pyrrole nitrogens is 1. The molecule has 0 spiro atoms. The Hall–Kier alpha value is -2.66. The Morgan fingerprint density at radius 3 is 3.17 bits per heavy atom. The SMILES string of the molecule is O=C(NCCc1c[nH]c2cccnc12)c1ccc2sccc2c1. The van der Waals surface area contributed by atoms with Crippen LogP contribution in [0.15, 0.2) is 54.2 Å². The van der Waals surface area contributed by atoms with Crippen molar-refractivity contribution in [3.63, 3.8) is 0 Å². The highest BCUT2D eigenvalue weighted by molar-refractivity contribution is 7.17. The van der Waals surface area contributed by atoms with Crippen LogP contribution in [0.5, 0.6) is 0 Å². The monoisotopic (exact) mass is 321 g/mol. The average molecular weight is 321 g/mol. The van der Waals surface area contributed by atoms with Crippen LogP contribution in [-0.2, 0) is 6.42 Å². The van der Waals surface area contributed by atoms with E-state index in [-0.39, 0.29) is 5.91 Å². The first-order chi connectivity index (χ1) is 11.3. The summed E-state index contributed by atoms with van der Waals surface area (Å²) in [5.74, 6) is -0.0362. The third-order valence-electron chi connectivity index (χ3n) is 3.91. The van der Waals surface area contributed by atoms with Crippen LogP contribution in [0.4, 0.5) is 0 Å². The minimum absolute atomic E-state index is 0.0362. The number of carbonyl (C=O) groups is 1. The fourth-order valence-electron chi connectivity index (χ4n) is 2.72. The fraction of sp³-hybridized carbons (Fsp3) is 0.111. The predicted octanol–water partition coefficient (Wildman–Crippen LogP) is 3.75. The van der Waals surface area contributed by atoms with E-state index in [4.69, 9.17) is 0 Å². The van der Waals surface area contributed by atoms with Crippen LogP contribution in [0, 0.1) is 0 Å². The number of nitrogens with zero attached hydrogens (tertiary/aromatic N) is 1. The number of pyridine rings is 1. The van der Waals surface area contributed by atoms with E-state index in [1.807, 2.05) is 48.0 Å². The van der Waals surface area contributed by atoms with E-state index in [2.05, 4.69) is 15.3 Å². The van der Waals surface area contributed by atoms with E-state index in [0.717, 1.165) is 28.4 Å². The number of benzene rings is 1. The van der Waals surface area contributed by atoms with Crippen LogP contribution < -0.4 is 5.32 Å². The number of carbonyl (C=O) groups excluding carboxylic acids is 1. The summed E-state index contributed by atoms with van der Waals surface area (Å²) in [6.45, 7) is 0.587. The van der Waals surface area contributed by atoms with Crippen molar-refractivity contribution in [1.82, 2.24) is 15.3 Å². The lowest BCUT2D eigenvalue weighted by molar-refractivity contribution is 0.0954. The standard InChI is InChI=1S/C18H15N3OS/c22-18(13-3-4-16-12(10-13)6-9-23-16)20-8-5-14-11-21-15-2-1-7-19-17(14)15/h1-4,6-7,9-11,21H,5,8H2,(H,20,22). The summed E-state index contributed by atoms with van der Waals surface area (Å²) in [7, 11) is 0. The zero-order chi connectivity index (χ0) is 15.6. The van der Waals surface area contributed by atoms with Gasteiger partial charge in [-0.05, 0) is 59.1 Å². The fourth-order valence-corrected chi connectivity index (χ4v) is 3.49. The summed E-state index contributed by atoms with van der Waals surface area (Å²) >= 11 is 1.68. The number of rotatable bonds is 4. The topological polar surface area (TPSA) is 57.8 Å². The number of aromatic nitrogens is 2. The second-order valence-corrected chi connectivity index (χ2v) is 6.34. The maximum Gasteiger partial charge on any atom is 0.251 e. The first-order valence-electron chi connectivity index (χ1n) is 7.48. The minimum atomic E-state index is -0.0362. The summed E-state index contributed by atoms with van der Waals surface area (Å²) in [6.07, 6.45) is 4.50. The lowest BCUT2D eigenvalue weighted by Gasteiger charge is -2.05. The lowest BCUT2D eigenvalue weighted by atomic mass is 10.1. The van der Waals surface area contributed by atoms with Crippen molar-refractivity contribution < 1.29 is 4.79 Å². The van der Waals surface area contributed by atoms with Crippen molar-refractivity contribution in [3.8, 4) is 0 Å². The molecule has 4 rings (SSSR count). The summed E-state index contributed by atoms with van der Waals surface area (Å²) in [6, 6.07) is 11.8. The molecule has 0 aliphatic carbocycles. The van der Waals surface area contributed by atoms with Gasteiger partial charge in [0.25, 0.3) is 5.91 Å². The van der Waals surface area contributed by atoms with Gasteiger partial charge in [-0.3, -0.25) is 9.78 Å². The van der Waals surface area contributed by atoms with Crippen LogP contribution in [0.1, 0.15) is 15.9 Å². The van der Waals surface area contributed by atoms with E-state index in [1.165, 1.54) is 4.70 Å². The summed E-state index contributed by atoms with van der Waals surface area (Å²) in [4.78, 5) is 19.9. The first-order valence-corrected chi connectivity index (χ1v) is 8.36. The Kier molecular flexibility index (Phi) is 3.55. The molecule has 0 aliphatic heterocycles. The number of hydrogen-bond donors (Lipinski definition) is 2. The van der Waals surface area contributed by atoms with Crippen molar-refractivity contribution in [2.24, 2.45) is 0 Å². The van der Waals surface area contributed by atoms with Crippen LogP contribution in [0.3, 0.4) is 0 Å². The Balaban J connectivity index is 1.43. The molecule has 3 aromatic heterocycles. The third kappa shape index (κ3) is 2.71. The highest BCUT2D eigenvalue weighted by atomic mass is 32.1. The van der Waals surface area contributed by atoms with Crippen LogP contribution in [0.2, 0.25) is 0 Å². The quantitative estimate of drug-likeness (QED) is 0.601. The maximum atomic E-state index is 12.3. The normalized spacial score (nSPS) is 11.1. The summed E-state index contributed by atoms with van der Waals surface area (Å²) in [5.41, 5.74) is 3.82. The molecule has 5 heteroatoms. The van der Waals surface area contributed by atoms with E-state index < -0.39 is 0 Å². The van der Waals surface area contributed by atoms with E-state index in [9.17, 15) is 4.79 Å². The third-order valence-corrected chi connectivity index (χ3v) is 4.81. The first kappa shape index (κ1) is 14.0. The molecule has 3 heterocycles. The molecule has 0 fully saturated rings. The molecular weight excluding hydrogens is 306 g/mol. The number of thiophene rings is 1. The van der Waals surface area contributed by atoms with Gasteiger partial charge in [-0.2, -0.15) is 0 Å². The van der Waals surface area contributed by atoms with Crippen molar-refractivity contribution in [2.75, 3.05) is 6.54 Å². The molecule has 4 aromatic rings. The van der Waals surface area contributed by atoms with Gasteiger partial charge in [-0.25, -0.2) is 0 Å². The molecule has 0 saturated carbocycles. The number of hydrogen-bond acceptors (Lipinski definition) is 3. The Bertz CT molecular complexity index is 986. The summed E-state index contributed by atoms with van der Waals surface area (Å²) < 4.78 is 1.20. The van der Waals surface area contributed by atoms with Gasteiger partial charge in [0.2, 0.25) is 0 Å². The van der Waals surface area contributed by atoms with Crippen molar-refractivity contribution in [1.29, 1.82) is 0 Å².